The van der Waals surface area contributed by atoms with Gasteiger partial charge in [0.2, 0.25) is 11.8 Å². The van der Waals surface area contributed by atoms with E-state index in [2.05, 4.69) is 15.6 Å². The number of carbonyl (C=O) groups excluding carboxylic acids is 2. The van der Waals surface area contributed by atoms with Gasteiger partial charge >= 0.3 is 0 Å². The summed E-state index contributed by atoms with van der Waals surface area (Å²) in [5, 5.41) is 5.55. The lowest BCUT2D eigenvalue weighted by Crippen LogP contribution is -2.48. The van der Waals surface area contributed by atoms with Gasteiger partial charge in [0.1, 0.15) is 5.82 Å². The minimum Gasteiger partial charge on any atom is -0.353 e. The zero-order chi connectivity index (χ0) is 15.4. The van der Waals surface area contributed by atoms with Gasteiger partial charge in [-0.05, 0) is 19.1 Å². The highest BCUT2D eigenvalue weighted by Gasteiger charge is 2.19. The van der Waals surface area contributed by atoms with E-state index in [0.29, 0.717) is 18.8 Å². The maximum atomic E-state index is 11.9. The van der Waals surface area contributed by atoms with E-state index in [1.807, 2.05) is 4.90 Å². The summed E-state index contributed by atoms with van der Waals surface area (Å²) in [5.41, 5.74) is 6.33. The molecule has 0 saturated carbocycles. The number of anilines is 2. The maximum absolute atomic E-state index is 11.9. The summed E-state index contributed by atoms with van der Waals surface area (Å²) in [6, 6.07) is 3.37. The number of hydrogen-bond donors (Lipinski definition) is 3. The van der Waals surface area contributed by atoms with Crippen molar-refractivity contribution in [1.82, 2.24) is 10.3 Å². The predicted octanol–water partition coefficient (Wildman–Crippen LogP) is 0.783. The van der Waals surface area contributed by atoms with Gasteiger partial charge in [0.25, 0.3) is 0 Å². The molecule has 130 valence electrons. The van der Waals surface area contributed by atoms with Gasteiger partial charge in [-0.15, -0.1) is 24.8 Å². The second-order valence-electron chi connectivity index (χ2n) is 5.31. The van der Waals surface area contributed by atoms with Gasteiger partial charge in [-0.1, -0.05) is 6.92 Å². The van der Waals surface area contributed by atoms with Crippen molar-refractivity contribution < 1.29 is 9.59 Å². The molecule has 0 aromatic carbocycles. The molecule has 4 N–H and O–H groups in total. The summed E-state index contributed by atoms with van der Waals surface area (Å²) in [5.74, 6) is 0.321. The molecule has 1 saturated heterocycles. The predicted molar refractivity (Wildman–Crippen MR) is 95.4 cm³/mol. The highest BCUT2D eigenvalue weighted by atomic mass is 35.5. The van der Waals surface area contributed by atoms with E-state index in [-0.39, 0.29) is 48.6 Å². The van der Waals surface area contributed by atoms with Crippen molar-refractivity contribution in [2.45, 2.75) is 19.9 Å². The Hall–Kier alpha value is -1.57. The van der Waals surface area contributed by atoms with Crippen LogP contribution in [0.5, 0.6) is 0 Å². The van der Waals surface area contributed by atoms with Gasteiger partial charge in [0.05, 0.1) is 24.3 Å². The van der Waals surface area contributed by atoms with E-state index in [1.165, 1.54) is 0 Å². The van der Waals surface area contributed by atoms with Crippen LogP contribution >= 0.6 is 24.8 Å². The van der Waals surface area contributed by atoms with Crippen molar-refractivity contribution >= 4 is 48.1 Å². The largest absolute Gasteiger partial charge is 0.353 e. The number of carbonyl (C=O) groups is 2. The second-order valence-corrected chi connectivity index (χ2v) is 5.31. The zero-order valence-corrected chi connectivity index (χ0v) is 14.7. The van der Waals surface area contributed by atoms with E-state index < -0.39 is 0 Å². The minimum atomic E-state index is -0.268. The van der Waals surface area contributed by atoms with Gasteiger partial charge in [-0.2, -0.15) is 0 Å². The van der Waals surface area contributed by atoms with Gasteiger partial charge in [-0.3, -0.25) is 9.59 Å². The molecule has 0 spiro atoms. The summed E-state index contributed by atoms with van der Waals surface area (Å²) in [4.78, 5) is 29.4. The molecule has 7 nitrogen and oxygen atoms in total. The summed E-state index contributed by atoms with van der Waals surface area (Å²) < 4.78 is 0. The lowest BCUT2D eigenvalue weighted by Gasteiger charge is -2.27. The molecule has 2 heterocycles. The molecule has 0 bridgehead atoms. The number of nitrogens with one attached hydrogen (secondary N) is 2. The fraction of sp³-hybridized carbons (Fsp3) is 0.500. The van der Waals surface area contributed by atoms with Crippen LogP contribution in [0.3, 0.4) is 0 Å². The Labute approximate surface area is 148 Å². The van der Waals surface area contributed by atoms with E-state index in [1.54, 1.807) is 32.2 Å². The molecule has 1 aromatic rings. The summed E-state index contributed by atoms with van der Waals surface area (Å²) in [6.07, 6.45) is 1.59. The van der Waals surface area contributed by atoms with Crippen LogP contribution in [0.4, 0.5) is 11.5 Å². The summed E-state index contributed by atoms with van der Waals surface area (Å²) >= 11 is 0. The molecule has 1 aromatic heterocycles. The van der Waals surface area contributed by atoms with Crippen molar-refractivity contribution in [3.8, 4) is 0 Å². The SMILES string of the molecule is CC(N)C(C)C(=O)Nc1ccc(N2CCNC(=O)C2)nc1.Cl.Cl. The van der Waals surface area contributed by atoms with Crippen LogP contribution in [-0.2, 0) is 9.59 Å². The lowest BCUT2D eigenvalue weighted by atomic mass is 10.0. The number of amides is 2. The van der Waals surface area contributed by atoms with Gasteiger partial charge < -0.3 is 21.3 Å². The lowest BCUT2D eigenvalue weighted by molar-refractivity contribution is -0.121. The Morgan fingerprint density at radius 2 is 2.09 bits per heavy atom. The van der Waals surface area contributed by atoms with E-state index in [4.69, 9.17) is 5.73 Å². The third-order valence-electron chi connectivity index (χ3n) is 3.58. The van der Waals surface area contributed by atoms with Crippen LogP contribution < -0.4 is 21.3 Å². The molecule has 23 heavy (non-hydrogen) atoms. The molecule has 1 fully saturated rings. The Balaban J connectivity index is 0.00000242. The number of halogens is 2. The molecule has 2 amide bonds. The third kappa shape index (κ3) is 5.85. The number of nitrogens with two attached hydrogens (primary N) is 1. The van der Waals surface area contributed by atoms with Crippen LogP contribution in [-0.4, -0.2) is 42.5 Å². The smallest absolute Gasteiger partial charge is 0.239 e. The first-order valence-corrected chi connectivity index (χ1v) is 7.01. The third-order valence-corrected chi connectivity index (χ3v) is 3.58. The average molecular weight is 364 g/mol. The first-order chi connectivity index (χ1) is 9.97. The topological polar surface area (TPSA) is 100 Å². The average Bonchev–Trinajstić information content (AvgIpc) is 2.47. The standard InChI is InChI=1S/C14H21N5O2.2ClH/c1-9(10(2)15)14(21)18-11-3-4-12(17-7-11)19-6-5-16-13(20)8-19;;/h3-4,7,9-10H,5-6,8,15H2,1-2H3,(H,16,20)(H,18,21);2*1H. The molecule has 2 unspecified atom stereocenters. The van der Waals surface area contributed by atoms with Gasteiger partial charge in [0, 0.05) is 19.1 Å². The number of nitrogens with zero attached hydrogens (tertiary/aromatic N) is 2. The van der Waals surface area contributed by atoms with E-state index in [9.17, 15) is 9.59 Å². The highest BCUT2D eigenvalue weighted by Crippen LogP contribution is 2.15. The van der Waals surface area contributed by atoms with E-state index in [0.717, 1.165) is 12.4 Å². The number of rotatable bonds is 4. The van der Waals surface area contributed by atoms with Crippen molar-refractivity contribution in [3.63, 3.8) is 0 Å². The molecule has 2 atom stereocenters. The number of pyridine rings is 1. The van der Waals surface area contributed by atoms with Crippen LogP contribution in [0.2, 0.25) is 0 Å². The first kappa shape index (κ1) is 21.4. The van der Waals surface area contributed by atoms with Crippen LogP contribution in [0.15, 0.2) is 18.3 Å². The first-order valence-electron chi connectivity index (χ1n) is 7.01. The molecular weight excluding hydrogens is 341 g/mol. The Morgan fingerprint density at radius 3 is 2.61 bits per heavy atom. The molecule has 0 aliphatic carbocycles. The molecule has 1 aliphatic rings. The number of hydrogen-bond acceptors (Lipinski definition) is 5. The van der Waals surface area contributed by atoms with Crippen molar-refractivity contribution in [2.24, 2.45) is 11.7 Å². The summed E-state index contributed by atoms with van der Waals surface area (Å²) in [6.45, 7) is 5.23. The quantitative estimate of drug-likeness (QED) is 0.733. The zero-order valence-electron chi connectivity index (χ0n) is 13.1. The summed E-state index contributed by atoms with van der Waals surface area (Å²) in [7, 11) is 0. The van der Waals surface area contributed by atoms with Crippen LogP contribution in [0, 0.1) is 5.92 Å². The number of aromatic nitrogens is 1. The fourth-order valence-corrected chi connectivity index (χ4v) is 1.98. The van der Waals surface area contributed by atoms with Crippen molar-refractivity contribution in [1.29, 1.82) is 0 Å². The maximum Gasteiger partial charge on any atom is 0.239 e. The monoisotopic (exact) mass is 363 g/mol. The van der Waals surface area contributed by atoms with Gasteiger partial charge in [0.15, 0.2) is 0 Å². The molecule has 9 heteroatoms. The van der Waals surface area contributed by atoms with Crippen LogP contribution in [0.25, 0.3) is 0 Å². The number of piperazine rings is 1. The Morgan fingerprint density at radius 1 is 1.39 bits per heavy atom. The Kier molecular flexibility index (Phi) is 8.89. The minimum absolute atomic E-state index is 0. The molecular formula is C14H23Cl2N5O2. The second kappa shape index (κ2) is 9.54. The van der Waals surface area contributed by atoms with Crippen LogP contribution in [0.1, 0.15) is 13.8 Å². The normalized spacial score (nSPS) is 16.3. The molecule has 1 aliphatic heterocycles. The van der Waals surface area contributed by atoms with Gasteiger partial charge in [-0.25, -0.2) is 4.98 Å². The van der Waals surface area contributed by atoms with E-state index >= 15 is 0 Å². The van der Waals surface area contributed by atoms with Crippen molar-refractivity contribution in [3.05, 3.63) is 18.3 Å². The molecule has 0 radical (unpaired) electrons. The highest BCUT2D eigenvalue weighted by molar-refractivity contribution is 5.92. The molecule has 2 rings (SSSR count). The Bertz CT molecular complexity index is 524. The fourth-order valence-electron chi connectivity index (χ4n) is 1.98. The van der Waals surface area contributed by atoms with Crippen molar-refractivity contribution in [2.75, 3.05) is 29.9 Å².